The van der Waals surface area contributed by atoms with E-state index in [1.54, 1.807) is 0 Å². The van der Waals surface area contributed by atoms with Gasteiger partial charge in [0.05, 0.1) is 17.8 Å². The zero-order chi connectivity index (χ0) is 13.0. The van der Waals surface area contributed by atoms with Crippen molar-refractivity contribution < 1.29 is 14.2 Å². The fourth-order valence-corrected chi connectivity index (χ4v) is 1.67. The van der Waals surface area contributed by atoms with Crippen LogP contribution in [0.5, 0.6) is 23.8 Å². The van der Waals surface area contributed by atoms with E-state index in [1.165, 1.54) is 14.2 Å². The summed E-state index contributed by atoms with van der Waals surface area (Å²) in [5.41, 5.74) is 0. The van der Waals surface area contributed by atoms with E-state index in [4.69, 9.17) is 14.2 Å². The molecule has 0 aliphatic heterocycles. The number of hydrogen-bond acceptors (Lipinski definition) is 6. The Hall–Kier alpha value is -1.64. The van der Waals surface area contributed by atoms with Crippen LogP contribution >= 0.6 is 22.6 Å². The summed E-state index contributed by atoms with van der Waals surface area (Å²) in [5, 5.41) is 0. The molecule has 0 aliphatic rings. The maximum atomic E-state index is 5.56. The largest absolute Gasteiger partial charge is 0.467 e. The number of methoxy groups -OCH3 is 2. The highest BCUT2D eigenvalue weighted by atomic mass is 127. The van der Waals surface area contributed by atoms with E-state index < -0.39 is 0 Å². The van der Waals surface area contributed by atoms with Gasteiger partial charge in [0.1, 0.15) is 5.75 Å². The van der Waals surface area contributed by atoms with Crippen LogP contribution in [0.3, 0.4) is 0 Å². The molecule has 0 fully saturated rings. The van der Waals surface area contributed by atoms with E-state index >= 15 is 0 Å². The first-order valence-corrected chi connectivity index (χ1v) is 6.07. The lowest BCUT2D eigenvalue weighted by Gasteiger charge is -2.07. The first-order valence-electron chi connectivity index (χ1n) is 4.99. The lowest BCUT2D eigenvalue weighted by atomic mass is 10.3. The van der Waals surface area contributed by atoms with Crippen LogP contribution in [0.4, 0.5) is 0 Å². The van der Waals surface area contributed by atoms with Gasteiger partial charge in [-0.3, -0.25) is 0 Å². The summed E-state index contributed by atoms with van der Waals surface area (Å²) in [4.78, 5) is 11.9. The van der Waals surface area contributed by atoms with Gasteiger partial charge >= 0.3 is 18.0 Å². The fraction of sp³-hybridized carbons (Fsp3) is 0.182. The predicted molar refractivity (Wildman–Crippen MR) is 72.2 cm³/mol. The second-order valence-electron chi connectivity index (χ2n) is 3.12. The third kappa shape index (κ3) is 2.97. The Morgan fingerprint density at radius 3 is 2.00 bits per heavy atom. The molecule has 7 heteroatoms. The topological polar surface area (TPSA) is 66.4 Å². The number of hydrogen-bond donors (Lipinski definition) is 0. The molecule has 0 saturated carbocycles. The molecule has 0 unspecified atom stereocenters. The molecule has 0 N–H and O–H groups in total. The smallest absolute Gasteiger partial charge is 0.331 e. The summed E-state index contributed by atoms with van der Waals surface area (Å²) in [5.74, 6) is 0.661. The van der Waals surface area contributed by atoms with Gasteiger partial charge in [0.2, 0.25) is 0 Å². The number of halogens is 1. The number of nitrogens with zero attached hydrogens (tertiary/aromatic N) is 3. The van der Waals surface area contributed by atoms with Crippen LogP contribution in [0.1, 0.15) is 0 Å². The Bertz CT molecular complexity index is 529. The SMILES string of the molecule is COc1nc(OC)nc(Oc2ccccc2I)n1. The molecule has 6 nitrogen and oxygen atoms in total. The van der Waals surface area contributed by atoms with Gasteiger partial charge in [-0.05, 0) is 34.7 Å². The van der Waals surface area contributed by atoms with Crippen LogP contribution in [0, 0.1) is 3.57 Å². The summed E-state index contributed by atoms with van der Waals surface area (Å²) in [6.07, 6.45) is 0. The molecule has 0 spiro atoms. The standard InChI is InChI=1S/C11H10IN3O3/c1-16-9-13-10(17-2)15-11(14-9)18-8-6-4-3-5-7(8)12/h3-6H,1-2H3. The van der Waals surface area contributed by atoms with Crippen molar-refractivity contribution in [3.8, 4) is 23.8 Å². The Morgan fingerprint density at radius 2 is 1.44 bits per heavy atom. The predicted octanol–water partition coefficient (Wildman–Crippen LogP) is 2.29. The molecule has 0 atom stereocenters. The van der Waals surface area contributed by atoms with Crippen molar-refractivity contribution in [2.24, 2.45) is 0 Å². The maximum absolute atomic E-state index is 5.56. The molecule has 1 aromatic heterocycles. The van der Waals surface area contributed by atoms with Crippen LogP contribution in [-0.2, 0) is 0 Å². The third-order valence-corrected chi connectivity index (χ3v) is 2.87. The lowest BCUT2D eigenvalue weighted by Crippen LogP contribution is -2.01. The maximum Gasteiger partial charge on any atom is 0.331 e. The summed E-state index contributed by atoms with van der Waals surface area (Å²) >= 11 is 2.16. The molecule has 0 saturated heterocycles. The van der Waals surface area contributed by atoms with Crippen LogP contribution in [-0.4, -0.2) is 29.2 Å². The van der Waals surface area contributed by atoms with Gasteiger partial charge < -0.3 is 14.2 Å². The van der Waals surface area contributed by atoms with Gasteiger partial charge in [-0.1, -0.05) is 12.1 Å². The van der Waals surface area contributed by atoms with Gasteiger partial charge in [-0.2, -0.15) is 0 Å². The molecule has 94 valence electrons. The number of ether oxygens (including phenoxy) is 3. The van der Waals surface area contributed by atoms with Crippen LogP contribution < -0.4 is 14.2 Å². The summed E-state index contributed by atoms with van der Waals surface area (Å²) in [6.45, 7) is 0. The monoisotopic (exact) mass is 359 g/mol. The zero-order valence-electron chi connectivity index (χ0n) is 9.75. The number of rotatable bonds is 4. The number of aromatic nitrogens is 3. The number of para-hydroxylation sites is 1. The summed E-state index contributed by atoms with van der Waals surface area (Å²) < 4.78 is 16.4. The highest BCUT2D eigenvalue weighted by Crippen LogP contribution is 2.25. The molecular weight excluding hydrogens is 349 g/mol. The Kier molecular flexibility index (Phi) is 4.13. The molecule has 1 heterocycles. The third-order valence-electron chi connectivity index (χ3n) is 1.98. The van der Waals surface area contributed by atoms with E-state index in [9.17, 15) is 0 Å². The van der Waals surface area contributed by atoms with E-state index in [-0.39, 0.29) is 18.0 Å². The average molecular weight is 359 g/mol. The van der Waals surface area contributed by atoms with Crippen molar-refractivity contribution in [2.45, 2.75) is 0 Å². The molecule has 0 radical (unpaired) electrons. The Labute approximate surface area is 117 Å². The fourth-order valence-electron chi connectivity index (χ4n) is 1.17. The van der Waals surface area contributed by atoms with Crippen molar-refractivity contribution >= 4 is 22.6 Å². The second kappa shape index (κ2) is 5.80. The van der Waals surface area contributed by atoms with Gasteiger partial charge in [-0.15, -0.1) is 15.0 Å². The van der Waals surface area contributed by atoms with Crippen molar-refractivity contribution in [1.82, 2.24) is 15.0 Å². The van der Waals surface area contributed by atoms with Gasteiger partial charge in [-0.25, -0.2) is 0 Å². The minimum absolute atomic E-state index is 0.128. The highest BCUT2D eigenvalue weighted by Gasteiger charge is 2.10. The quantitative estimate of drug-likeness (QED) is 0.781. The molecule has 2 aromatic rings. The first-order chi connectivity index (χ1) is 8.72. The van der Waals surface area contributed by atoms with Crippen molar-refractivity contribution in [3.05, 3.63) is 27.8 Å². The van der Waals surface area contributed by atoms with Crippen molar-refractivity contribution in [2.75, 3.05) is 14.2 Å². The Morgan fingerprint density at radius 1 is 0.889 bits per heavy atom. The molecule has 0 amide bonds. The van der Waals surface area contributed by atoms with E-state index in [0.29, 0.717) is 5.75 Å². The zero-order valence-corrected chi connectivity index (χ0v) is 11.9. The van der Waals surface area contributed by atoms with Crippen LogP contribution in [0.2, 0.25) is 0 Å². The molecule has 0 bridgehead atoms. The van der Waals surface area contributed by atoms with E-state index in [1.807, 2.05) is 24.3 Å². The van der Waals surface area contributed by atoms with Gasteiger partial charge in [0.25, 0.3) is 0 Å². The van der Waals surface area contributed by atoms with Gasteiger partial charge in [0.15, 0.2) is 0 Å². The first kappa shape index (κ1) is 12.8. The minimum atomic E-state index is 0.128. The summed E-state index contributed by atoms with van der Waals surface area (Å²) in [6, 6.07) is 7.94. The van der Waals surface area contributed by atoms with Crippen LogP contribution in [0.15, 0.2) is 24.3 Å². The normalized spacial score (nSPS) is 9.94. The second-order valence-corrected chi connectivity index (χ2v) is 4.29. The summed E-state index contributed by atoms with van der Waals surface area (Å²) in [7, 11) is 2.93. The molecule has 0 aliphatic carbocycles. The van der Waals surface area contributed by atoms with Gasteiger partial charge in [0, 0.05) is 0 Å². The highest BCUT2D eigenvalue weighted by molar-refractivity contribution is 14.1. The minimum Gasteiger partial charge on any atom is -0.467 e. The molecular formula is C11H10IN3O3. The van der Waals surface area contributed by atoms with E-state index in [0.717, 1.165) is 3.57 Å². The molecule has 1 aromatic carbocycles. The molecule has 18 heavy (non-hydrogen) atoms. The molecule has 2 rings (SSSR count). The number of benzene rings is 1. The lowest BCUT2D eigenvalue weighted by molar-refractivity contribution is 0.320. The van der Waals surface area contributed by atoms with Crippen molar-refractivity contribution in [1.29, 1.82) is 0 Å². The van der Waals surface area contributed by atoms with Crippen molar-refractivity contribution in [3.63, 3.8) is 0 Å². The average Bonchev–Trinajstić information content (AvgIpc) is 2.41. The Balaban J connectivity index is 2.31. The van der Waals surface area contributed by atoms with Crippen LogP contribution in [0.25, 0.3) is 0 Å². The van der Waals surface area contributed by atoms with E-state index in [2.05, 4.69) is 37.5 Å².